The Kier molecular flexibility index (Phi) is 5.95. The zero-order valence-corrected chi connectivity index (χ0v) is 20.7. The average Bonchev–Trinajstić information content (AvgIpc) is 3.50. The molecule has 6 aromatic rings. The summed E-state index contributed by atoms with van der Waals surface area (Å²) < 4.78 is 12.9. The van der Waals surface area contributed by atoms with Crippen LogP contribution in [0.5, 0.6) is 0 Å². The lowest BCUT2D eigenvalue weighted by atomic mass is 10.0. The maximum Gasteiger partial charge on any atom is 0.419 e. The summed E-state index contributed by atoms with van der Waals surface area (Å²) in [5.74, 6) is 0.307. The van der Waals surface area contributed by atoms with E-state index in [9.17, 15) is 10.1 Å². The van der Waals surface area contributed by atoms with E-state index in [-0.39, 0.29) is 5.76 Å². The molecule has 0 saturated heterocycles. The van der Waals surface area contributed by atoms with Crippen LogP contribution in [0.25, 0.3) is 33.2 Å². The molecular formula is C32H23N3O3. The van der Waals surface area contributed by atoms with Crippen molar-refractivity contribution in [3.63, 3.8) is 0 Å². The van der Waals surface area contributed by atoms with Crippen molar-refractivity contribution in [2.24, 2.45) is 12.0 Å². The molecule has 0 aliphatic rings. The van der Waals surface area contributed by atoms with E-state index in [0.717, 1.165) is 44.5 Å². The number of aliphatic imine (C=N–C) groups is 1. The van der Waals surface area contributed by atoms with Gasteiger partial charge in [-0.3, -0.25) is 9.56 Å². The number of nitriles is 1. The standard InChI is InChI=1S/C32H23N3O3/c1-35-28-17-23(14-15-29(28)38-32(35)36)24-12-13-25-16-27(37-30(25)18-24)19-26(20-33)34-31(21-8-4-2-5-9-21)22-10-6-3-7-11-22/h2-18,26H,19H2,1H3. The van der Waals surface area contributed by atoms with Crippen LogP contribution in [0.1, 0.15) is 16.9 Å². The van der Waals surface area contributed by atoms with Crippen LogP contribution in [0.3, 0.4) is 0 Å². The summed E-state index contributed by atoms with van der Waals surface area (Å²) in [7, 11) is 1.69. The van der Waals surface area contributed by atoms with Gasteiger partial charge in [-0.15, -0.1) is 0 Å². The lowest BCUT2D eigenvalue weighted by Crippen LogP contribution is -2.12. The minimum atomic E-state index is -0.616. The Hall–Kier alpha value is -5.15. The van der Waals surface area contributed by atoms with Crippen molar-refractivity contribution in [1.29, 1.82) is 5.26 Å². The van der Waals surface area contributed by atoms with Crippen LogP contribution in [0, 0.1) is 11.3 Å². The molecule has 0 aliphatic heterocycles. The second-order valence-electron chi connectivity index (χ2n) is 9.13. The minimum Gasteiger partial charge on any atom is -0.461 e. The predicted octanol–water partition coefficient (Wildman–Crippen LogP) is 6.52. The largest absolute Gasteiger partial charge is 0.461 e. The third kappa shape index (κ3) is 4.42. The molecule has 0 bridgehead atoms. The van der Waals surface area contributed by atoms with E-state index in [2.05, 4.69) is 6.07 Å². The summed E-state index contributed by atoms with van der Waals surface area (Å²) in [6.45, 7) is 0. The van der Waals surface area contributed by atoms with Gasteiger partial charge < -0.3 is 8.83 Å². The minimum absolute atomic E-state index is 0.354. The smallest absolute Gasteiger partial charge is 0.419 e. The molecule has 2 heterocycles. The van der Waals surface area contributed by atoms with E-state index < -0.39 is 6.04 Å². The topological polar surface area (TPSA) is 84.4 Å². The molecule has 0 saturated carbocycles. The Morgan fingerprint density at radius 3 is 2.18 bits per heavy atom. The van der Waals surface area contributed by atoms with Gasteiger partial charge >= 0.3 is 5.76 Å². The third-order valence-corrected chi connectivity index (χ3v) is 6.62. The first-order valence-electron chi connectivity index (χ1n) is 12.3. The molecule has 6 heteroatoms. The zero-order valence-electron chi connectivity index (χ0n) is 20.7. The highest BCUT2D eigenvalue weighted by Crippen LogP contribution is 2.29. The van der Waals surface area contributed by atoms with E-state index in [1.54, 1.807) is 13.1 Å². The van der Waals surface area contributed by atoms with Gasteiger partial charge in [0.1, 0.15) is 17.4 Å². The summed E-state index contributed by atoms with van der Waals surface area (Å²) in [6, 6.07) is 35.1. The number of nitrogens with zero attached hydrogens (tertiary/aromatic N) is 3. The molecule has 2 aromatic heterocycles. The number of hydrogen-bond acceptors (Lipinski definition) is 5. The van der Waals surface area contributed by atoms with Crippen LogP contribution in [0.15, 0.2) is 122 Å². The predicted molar refractivity (Wildman–Crippen MR) is 148 cm³/mol. The molecule has 0 fully saturated rings. The second-order valence-corrected chi connectivity index (χ2v) is 9.13. The van der Waals surface area contributed by atoms with Gasteiger partial charge in [0.2, 0.25) is 0 Å². The summed E-state index contributed by atoms with van der Waals surface area (Å²) in [4.78, 5) is 16.7. The van der Waals surface area contributed by atoms with Crippen molar-refractivity contribution in [3.8, 4) is 17.2 Å². The molecule has 0 aliphatic carbocycles. The van der Waals surface area contributed by atoms with Gasteiger partial charge in [0.15, 0.2) is 5.58 Å². The molecule has 0 amide bonds. The fourth-order valence-corrected chi connectivity index (χ4v) is 4.65. The highest BCUT2D eigenvalue weighted by Gasteiger charge is 2.16. The number of benzene rings is 4. The van der Waals surface area contributed by atoms with Crippen LogP contribution in [-0.4, -0.2) is 16.3 Å². The molecule has 38 heavy (non-hydrogen) atoms. The Bertz CT molecular complexity index is 1850. The number of furan rings is 1. The van der Waals surface area contributed by atoms with Crippen LogP contribution in [0.2, 0.25) is 0 Å². The molecule has 6 nitrogen and oxygen atoms in total. The average molecular weight is 498 g/mol. The van der Waals surface area contributed by atoms with Crippen molar-refractivity contribution < 1.29 is 8.83 Å². The molecule has 6 rings (SSSR count). The summed E-state index contributed by atoms with van der Waals surface area (Å²) in [6.07, 6.45) is 0.354. The Balaban J connectivity index is 1.32. The summed E-state index contributed by atoms with van der Waals surface area (Å²) in [5, 5.41) is 10.9. The highest BCUT2D eigenvalue weighted by atomic mass is 16.4. The molecular weight excluding hydrogens is 474 g/mol. The molecule has 184 valence electrons. The van der Waals surface area contributed by atoms with E-state index in [1.165, 1.54) is 4.57 Å². The SMILES string of the molecule is Cn1c(=O)oc2ccc(-c3ccc4cc(CC(C#N)N=C(c5ccccc5)c5ccccc5)oc4c3)cc21. The number of hydrogen-bond donors (Lipinski definition) is 0. The normalized spacial score (nSPS) is 11.9. The van der Waals surface area contributed by atoms with Crippen molar-refractivity contribution in [1.82, 2.24) is 4.57 Å². The third-order valence-electron chi connectivity index (χ3n) is 6.62. The Labute approximate surface area is 218 Å². The summed E-state index contributed by atoms with van der Waals surface area (Å²) in [5.41, 5.74) is 6.61. The Morgan fingerprint density at radius 2 is 1.50 bits per heavy atom. The zero-order chi connectivity index (χ0) is 26.1. The lowest BCUT2D eigenvalue weighted by Gasteiger charge is -2.10. The molecule has 1 unspecified atom stereocenters. The highest BCUT2D eigenvalue weighted by molar-refractivity contribution is 6.13. The number of aryl methyl sites for hydroxylation is 1. The molecule has 0 N–H and O–H groups in total. The Morgan fingerprint density at radius 1 is 0.842 bits per heavy atom. The first-order valence-corrected chi connectivity index (χ1v) is 12.3. The van der Waals surface area contributed by atoms with Crippen LogP contribution < -0.4 is 5.76 Å². The second kappa shape index (κ2) is 9.72. The molecule has 0 radical (unpaired) electrons. The van der Waals surface area contributed by atoms with Crippen LogP contribution in [0.4, 0.5) is 0 Å². The lowest BCUT2D eigenvalue weighted by molar-refractivity contribution is 0.528. The number of oxazole rings is 1. The van der Waals surface area contributed by atoms with Gasteiger partial charge in [0.05, 0.1) is 17.3 Å². The molecule has 4 aromatic carbocycles. The maximum atomic E-state index is 11.9. The number of aromatic nitrogens is 1. The first-order chi connectivity index (χ1) is 18.6. The van der Waals surface area contributed by atoms with Gasteiger partial charge in [0, 0.05) is 30.0 Å². The summed E-state index contributed by atoms with van der Waals surface area (Å²) >= 11 is 0. The van der Waals surface area contributed by atoms with E-state index in [0.29, 0.717) is 17.8 Å². The number of rotatable bonds is 6. The van der Waals surface area contributed by atoms with Gasteiger partial charge in [-0.2, -0.15) is 5.26 Å². The van der Waals surface area contributed by atoms with Crippen LogP contribution >= 0.6 is 0 Å². The fourth-order valence-electron chi connectivity index (χ4n) is 4.65. The van der Waals surface area contributed by atoms with Crippen molar-refractivity contribution in [3.05, 3.63) is 131 Å². The fraction of sp³-hybridized carbons (Fsp3) is 0.0938. The van der Waals surface area contributed by atoms with Crippen molar-refractivity contribution in [2.75, 3.05) is 0 Å². The first kappa shape index (κ1) is 23.3. The van der Waals surface area contributed by atoms with E-state index in [1.807, 2.05) is 97.1 Å². The van der Waals surface area contributed by atoms with Crippen LogP contribution in [-0.2, 0) is 13.5 Å². The molecule has 0 spiro atoms. The quantitative estimate of drug-likeness (QED) is 0.245. The number of fused-ring (bicyclic) bond motifs is 2. The van der Waals surface area contributed by atoms with Gasteiger partial charge in [-0.25, -0.2) is 4.79 Å². The molecule has 1 atom stereocenters. The van der Waals surface area contributed by atoms with Gasteiger partial charge in [0.25, 0.3) is 0 Å². The van der Waals surface area contributed by atoms with Crippen molar-refractivity contribution in [2.45, 2.75) is 12.5 Å². The van der Waals surface area contributed by atoms with Gasteiger partial charge in [-0.05, 0) is 35.4 Å². The van der Waals surface area contributed by atoms with E-state index >= 15 is 0 Å². The maximum absolute atomic E-state index is 11.9. The van der Waals surface area contributed by atoms with Crippen molar-refractivity contribution >= 4 is 27.8 Å². The van der Waals surface area contributed by atoms with Gasteiger partial charge in [-0.1, -0.05) is 78.9 Å². The monoisotopic (exact) mass is 497 g/mol. The van der Waals surface area contributed by atoms with E-state index in [4.69, 9.17) is 13.8 Å².